The Morgan fingerprint density at radius 3 is 2.90 bits per heavy atom. The third-order valence-corrected chi connectivity index (χ3v) is 5.69. The maximum atomic E-state index is 13.1. The van der Waals surface area contributed by atoms with Crippen molar-refractivity contribution in [2.24, 2.45) is 0 Å². The Morgan fingerprint density at radius 1 is 1.35 bits per heavy atom. The van der Waals surface area contributed by atoms with Gasteiger partial charge in [0.05, 0.1) is 12.6 Å². The number of aliphatic hydroxyl groups is 1. The topological polar surface area (TPSA) is 98.7 Å². The lowest BCUT2D eigenvalue weighted by Crippen LogP contribution is -2.32. The van der Waals surface area contributed by atoms with Crippen molar-refractivity contribution in [1.29, 1.82) is 0 Å². The quantitative estimate of drug-likeness (QED) is 0.486. The molecule has 3 aromatic rings. The van der Waals surface area contributed by atoms with Crippen molar-refractivity contribution in [2.75, 3.05) is 19.8 Å². The number of nitrogens with zero attached hydrogens (tertiary/aromatic N) is 2. The number of phenolic OH excluding ortho intramolecular Hbond substituents is 1. The molecule has 0 bridgehead atoms. The molecule has 4 rings (SSSR count). The number of ether oxygens (including phenoxy) is 1. The van der Waals surface area contributed by atoms with E-state index in [1.54, 1.807) is 30.0 Å². The highest BCUT2D eigenvalue weighted by molar-refractivity contribution is 6.31. The van der Waals surface area contributed by atoms with Crippen molar-refractivity contribution in [3.8, 4) is 22.8 Å². The van der Waals surface area contributed by atoms with E-state index in [1.165, 1.54) is 0 Å². The molecule has 1 aliphatic heterocycles. The summed E-state index contributed by atoms with van der Waals surface area (Å²) in [5.74, 6) is 0.377. The Kier molecular flexibility index (Phi) is 5.71. The van der Waals surface area contributed by atoms with Gasteiger partial charge in [-0.15, -0.1) is 0 Å². The lowest BCUT2D eigenvalue weighted by molar-refractivity contribution is 0.0706. The summed E-state index contributed by atoms with van der Waals surface area (Å²) in [6.45, 7) is 5.76. The van der Waals surface area contributed by atoms with E-state index in [1.807, 2.05) is 24.3 Å². The molecule has 1 atom stereocenters. The molecule has 160 valence electrons. The van der Waals surface area contributed by atoms with Crippen LogP contribution in [0.1, 0.15) is 33.2 Å². The van der Waals surface area contributed by atoms with Gasteiger partial charge in [-0.2, -0.15) is 5.10 Å². The van der Waals surface area contributed by atoms with E-state index >= 15 is 0 Å². The SMILES string of the molecule is C=CCOc1cccc(C2c3c(-c4cc(Cl)c(C)cc4O)n[nH]c3C(=O)N2CCO)c1. The molecule has 1 aliphatic rings. The van der Waals surface area contributed by atoms with Crippen LogP contribution in [0.5, 0.6) is 11.5 Å². The van der Waals surface area contributed by atoms with Crippen LogP contribution in [-0.4, -0.2) is 51.0 Å². The number of nitrogens with one attached hydrogen (secondary N) is 1. The van der Waals surface area contributed by atoms with E-state index < -0.39 is 6.04 Å². The van der Waals surface area contributed by atoms with Crippen LogP contribution in [-0.2, 0) is 0 Å². The summed E-state index contributed by atoms with van der Waals surface area (Å²) in [4.78, 5) is 14.7. The zero-order valence-electron chi connectivity index (χ0n) is 16.9. The number of aromatic hydroxyl groups is 1. The minimum atomic E-state index is -0.518. The standard InChI is InChI=1S/C23H22ClN3O4/c1-3-9-31-15-6-4-5-14(11-15)22-19-20(16-12-17(24)13(2)10-18(16)29)25-26-21(19)23(30)27(22)7-8-28/h3-6,10-12,22,28-29H,1,7-9H2,2H3,(H,25,26). The number of benzene rings is 2. The number of rotatable bonds is 7. The monoisotopic (exact) mass is 439 g/mol. The van der Waals surface area contributed by atoms with Crippen LogP contribution >= 0.6 is 11.6 Å². The van der Waals surface area contributed by atoms with Gasteiger partial charge in [-0.05, 0) is 42.3 Å². The predicted molar refractivity (Wildman–Crippen MR) is 118 cm³/mol. The van der Waals surface area contributed by atoms with Gasteiger partial charge in [0.15, 0.2) is 0 Å². The van der Waals surface area contributed by atoms with Crippen molar-refractivity contribution < 1.29 is 19.7 Å². The molecule has 0 aliphatic carbocycles. The second kappa shape index (κ2) is 8.45. The van der Waals surface area contributed by atoms with Crippen LogP contribution in [0.3, 0.4) is 0 Å². The number of hydrogen-bond acceptors (Lipinski definition) is 5. The molecule has 1 unspecified atom stereocenters. The number of carbonyl (C=O) groups is 1. The first-order chi connectivity index (χ1) is 15.0. The first-order valence-corrected chi connectivity index (χ1v) is 10.2. The maximum Gasteiger partial charge on any atom is 0.273 e. The summed E-state index contributed by atoms with van der Waals surface area (Å²) in [5.41, 5.74) is 3.33. The van der Waals surface area contributed by atoms with Gasteiger partial charge < -0.3 is 19.8 Å². The lowest BCUT2D eigenvalue weighted by Gasteiger charge is -2.26. The van der Waals surface area contributed by atoms with E-state index in [0.717, 1.165) is 11.1 Å². The molecule has 0 fully saturated rings. The maximum absolute atomic E-state index is 13.1. The number of aryl methyl sites for hydroxylation is 1. The molecule has 0 radical (unpaired) electrons. The number of amides is 1. The fraction of sp³-hybridized carbons (Fsp3) is 0.217. The molecule has 8 heteroatoms. The number of aliphatic hydroxyl groups excluding tert-OH is 1. The summed E-state index contributed by atoms with van der Waals surface area (Å²) >= 11 is 6.30. The minimum absolute atomic E-state index is 0.0195. The zero-order chi connectivity index (χ0) is 22.1. The molecule has 0 saturated carbocycles. The average molecular weight is 440 g/mol. The van der Waals surface area contributed by atoms with Crippen LogP contribution in [0.15, 0.2) is 49.1 Å². The Balaban J connectivity index is 1.88. The normalized spacial score (nSPS) is 15.3. The van der Waals surface area contributed by atoms with Gasteiger partial charge in [0.25, 0.3) is 5.91 Å². The molecule has 0 spiro atoms. The fourth-order valence-corrected chi connectivity index (χ4v) is 4.04. The molecule has 1 aromatic heterocycles. The number of carbonyl (C=O) groups excluding carboxylic acids is 1. The number of aromatic nitrogens is 2. The summed E-state index contributed by atoms with van der Waals surface area (Å²) in [6, 6.07) is 10.1. The van der Waals surface area contributed by atoms with Crippen LogP contribution in [0.4, 0.5) is 0 Å². The van der Waals surface area contributed by atoms with E-state index in [0.29, 0.717) is 39.9 Å². The van der Waals surface area contributed by atoms with Crippen LogP contribution in [0.25, 0.3) is 11.3 Å². The summed E-state index contributed by atoms with van der Waals surface area (Å²) in [6.07, 6.45) is 1.65. The van der Waals surface area contributed by atoms with Gasteiger partial charge in [-0.25, -0.2) is 0 Å². The van der Waals surface area contributed by atoms with E-state index in [-0.39, 0.29) is 24.8 Å². The van der Waals surface area contributed by atoms with Crippen molar-refractivity contribution in [3.63, 3.8) is 0 Å². The van der Waals surface area contributed by atoms with Crippen LogP contribution in [0.2, 0.25) is 5.02 Å². The second-order valence-corrected chi connectivity index (χ2v) is 7.68. The Morgan fingerprint density at radius 2 is 2.16 bits per heavy atom. The second-order valence-electron chi connectivity index (χ2n) is 7.28. The molecule has 0 saturated heterocycles. The number of halogens is 1. The van der Waals surface area contributed by atoms with Gasteiger partial charge in [-0.1, -0.05) is 36.4 Å². The number of aromatic amines is 1. The molecule has 7 nitrogen and oxygen atoms in total. The third-order valence-electron chi connectivity index (χ3n) is 5.28. The van der Waals surface area contributed by atoms with Crippen LogP contribution in [0, 0.1) is 6.92 Å². The highest BCUT2D eigenvalue weighted by Crippen LogP contribution is 2.45. The molecular formula is C23H22ClN3O4. The fourth-order valence-electron chi connectivity index (χ4n) is 3.87. The first-order valence-electron chi connectivity index (χ1n) is 9.79. The van der Waals surface area contributed by atoms with Crippen molar-refractivity contribution in [3.05, 3.63) is 76.5 Å². The van der Waals surface area contributed by atoms with Crippen molar-refractivity contribution in [1.82, 2.24) is 15.1 Å². The first kappa shape index (κ1) is 21.0. The van der Waals surface area contributed by atoms with E-state index in [9.17, 15) is 15.0 Å². The zero-order valence-corrected chi connectivity index (χ0v) is 17.7. The number of hydrogen-bond donors (Lipinski definition) is 3. The van der Waals surface area contributed by atoms with E-state index in [4.69, 9.17) is 16.3 Å². The summed E-state index contributed by atoms with van der Waals surface area (Å²) in [7, 11) is 0. The number of fused-ring (bicyclic) bond motifs is 1. The Hall–Kier alpha value is -3.29. The average Bonchev–Trinajstić information content (AvgIpc) is 3.29. The number of β-amino-alcohol motifs (C(OH)–C–C–N with tert-alkyl or cyclic N) is 1. The molecule has 2 heterocycles. The highest BCUT2D eigenvalue weighted by Gasteiger charge is 2.42. The third kappa shape index (κ3) is 3.66. The molecular weight excluding hydrogens is 418 g/mol. The van der Waals surface area contributed by atoms with Gasteiger partial charge in [0, 0.05) is 22.7 Å². The van der Waals surface area contributed by atoms with Gasteiger partial charge in [-0.3, -0.25) is 9.89 Å². The lowest BCUT2D eigenvalue weighted by atomic mass is 9.95. The number of phenols is 1. The van der Waals surface area contributed by atoms with Crippen LogP contribution < -0.4 is 4.74 Å². The van der Waals surface area contributed by atoms with Crippen molar-refractivity contribution in [2.45, 2.75) is 13.0 Å². The van der Waals surface area contributed by atoms with Gasteiger partial charge in [0.1, 0.15) is 29.5 Å². The Bertz CT molecular complexity index is 1160. The van der Waals surface area contributed by atoms with Gasteiger partial charge in [0.2, 0.25) is 0 Å². The van der Waals surface area contributed by atoms with Crippen molar-refractivity contribution >= 4 is 17.5 Å². The predicted octanol–water partition coefficient (Wildman–Crippen LogP) is 3.85. The smallest absolute Gasteiger partial charge is 0.273 e. The highest BCUT2D eigenvalue weighted by atomic mass is 35.5. The largest absolute Gasteiger partial charge is 0.507 e. The summed E-state index contributed by atoms with van der Waals surface area (Å²) in [5, 5.41) is 27.8. The van der Waals surface area contributed by atoms with Gasteiger partial charge >= 0.3 is 0 Å². The molecule has 3 N–H and O–H groups in total. The molecule has 31 heavy (non-hydrogen) atoms. The minimum Gasteiger partial charge on any atom is -0.507 e. The molecule has 1 amide bonds. The van der Waals surface area contributed by atoms with E-state index in [2.05, 4.69) is 16.8 Å². The Labute approximate surface area is 184 Å². The summed E-state index contributed by atoms with van der Waals surface area (Å²) < 4.78 is 5.66. The number of H-pyrrole nitrogens is 1. The molecule has 2 aromatic carbocycles.